The van der Waals surface area contributed by atoms with E-state index in [9.17, 15) is 18.0 Å². The van der Waals surface area contributed by atoms with Gasteiger partial charge in [-0.2, -0.15) is 0 Å². The molecule has 1 N–H and O–H groups in total. The van der Waals surface area contributed by atoms with Crippen molar-refractivity contribution in [3.05, 3.63) is 64.1 Å². The highest BCUT2D eigenvalue weighted by molar-refractivity contribution is 9.10. The Morgan fingerprint density at radius 1 is 1.03 bits per heavy atom. The zero-order valence-electron chi connectivity index (χ0n) is 20.4. The molecule has 2 aromatic rings. The fraction of sp³-hybridized carbons (Fsp3) is 0.440. The van der Waals surface area contributed by atoms with Gasteiger partial charge in [-0.3, -0.25) is 13.9 Å². The highest BCUT2D eigenvalue weighted by Crippen LogP contribution is 2.22. The number of hydrogen-bond donors (Lipinski definition) is 1. The number of hydrogen-bond acceptors (Lipinski definition) is 4. The Morgan fingerprint density at radius 2 is 1.65 bits per heavy atom. The van der Waals surface area contributed by atoms with Crippen molar-refractivity contribution in [1.29, 1.82) is 0 Å². The van der Waals surface area contributed by atoms with Gasteiger partial charge in [-0.15, -0.1) is 0 Å². The molecule has 2 atom stereocenters. The summed E-state index contributed by atoms with van der Waals surface area (Å²) >= 11 is 3.35. The molecule has 0 heterocycles. The first-order valence-corrected chi connectivity index (χ1v) is 14.0. The van der Waals surface area contributed by atoms with Gasteiger partial charge in [-0.25, -0.2) is 8.42 Å². The minimum absolute atomic E-state index is 0.0350. The van der Waals surface area contributed by atoms with Crippen LogP contribution in [-0.2, 0) is 26.2 Å². The van der Waals surface area contributed by atoms with Crippen LogP contribution < -0.4 is 9.62 Å². The third-order valence-corrected chi connectivity index (χ3v) is 7.45. The summed E-state index contributed by atoms with van der Waals surface area (Å²) in [5, 5.41) is 2.97. The Hall–Kier alpha value is -2.39. The second-order valence-corrected chi connectivity index (χ2v) is 11.3. The molecule has 2 rings (SSSR count). The molecule has 7 nitrogen and oxygen atoms in total. The van der Waals surface area contributed by atoms with Gasteiger partial charge in [0, 0.05) is 17.1 Å². The molecule has 0 saturated heterocycles. The summed E-state index contributed by atoms with van der Waals surface area (Å²) in [6, 6.07) is 13.6. The number of anilines is 1. The van der Waals surface area contributed by atoms with Crippen molar-refractivity contribution in [2.24, 2.45) is 0 Å². The largest absolute Gasteiger partial charge is 0.352 e. The van der Waals surface area contributed by atoms with E-state index in [-0.39, 0.29) is 18.5 Å². The predicted molar refractivity (Wildman–Crippen MR) is 140 cm³/mol. The standard InChI is InChI=1S/C25H34BrN3O4S/c1-6-19(4)27-25(31)23(7-2)28(16-20-11-9-8-10-18(20)3)24(30)17-29(34(5,32)33)22-14-12-21(26)13-15-22/h8-15,19,23H,6-7,16-17H2,1-5H3,(H,27,31). The van der Waals surface area contributed by atoms with E-state index in [0.29, 0.717) is 12.1 Å². The summed E-state index contributed by atoms with van der Waals surface area (Å²) in [7, 11) is -3.75. The second kappa shape index (κ2) is 12.4. The van der Waals surface area contributed by atoms with Crippen LogP contribution in [0.2, 0.25) is 0 Å². The maximum absolute atomic E-state index is 13.6. The lowest BCUT2D eigenvalue weighted by atomic mass is 10.1. The van der Waals surface area contributed by atoms with Gasteiger partial charge < -0.3 is 10.2 Å². The number of carbonyl (C=O) groups is 2. The van der Waals surface area contributed by atoms with Gasteiger partial charge in [0.05, 0.1) is 11.9 Å². The maximum Gasteiger partial charge on any atom is 0.244 e. The molecule has 0 aliphatic heterocycles. The first-order valence-electron chi connectivity index (χ1n) is 11.4. The van der Waals surface area contributed by atoms with E-state index in [1.807, 2.05) is 52.0 Å². The van der Waals surface area contributed by atoms with Crippen LogP contribution in [0.1, 0.15) is 44.7 Å². The van der Waals surface area contributed by atoms with Crippen molar-refractivity contribution in [3.63, 3.8) is 0 Å². The van der Waals surface area contributed by atoms with E-state index in [0.717, 1.165) is 32.6 Å². The summed E-state index contributed by atoms with van der Waals surface area (Å²) in [5.41, 5.74) is 2.28. The van der Waals surface area contributed by atoms with E-state index in [4.69, 9.17) is 0 Å². The lowest BCUT2D eigenvalue weighted by molar-refractivity contribution is -0.140. The summed E-state index contributed by atoms with van der Waals surface area (Å²) in [6.45, 7) is 7.49. The Bertz CT molecular complexity index is 1090. The topological polar surface area (TPSA) is 86.8 Å². The zero-order chi connectivity index (χ0) is 25.5. The molecule has 0 radical (unpaired) electrons. The van der Waals surface area contributed by atoms with Gasteiger partial charge in [0.25, 0.3) is 0 Å². The molecule has 34 heavy (non-hydrogen) atoms. The number of sulfonamides is 1. The number of carbonyl (C=O) groups excluding carboxylic acids is 2. The quantitative estimate of drug-likeness (QED) is 0.452. The summed E-state index contributed by atoms with van der Waals surface area (Å²) in [4.78, 5) is 28.3. The van der Waals surface area contributed by atoms with E-state index < -0.39 is 28.5 Å². The average molecular weight is 553 g/mol. The van der Waals surface area contributed by atoms with Crippen LogP contribution in [0, 0.1) is 6.92 Å². The summed E-state index contributed by atoms with van der Waals surface area (Å²) < 4.78 is 27.1. The summed E-state index contributed by atoms with van der Waals surface area (Å²) in [6.07, 6.45) is 2.23. The maximum atomic E-state index is 13.6. The Morgan fingerprint density at radius 3 is 2.18 bits per heavy atom. The van der Waals surface area contributed by atoms with Crippen LogP contribution in [0.4, 0.5) is 5.69 Å². The van der Waals surface area contributed by atoms with E-state index in [1.165, 1.54) is 4.90 Å². The number of aryl methyl sites for hydroxylation is 1. The molecule has 0 spiro atoms. The van der Waals surface area contributed by atoms with Crippen LogP contribution in [-0.4, -0.2) is 50.0 Å². The number of rotatable bonds is 11. The SMILES string of the molecule is CCC(C)NC(=O)C(CC)N(Cc1ccccc1C)C(=O)CN(c1ccc(Br)cc1)S(C)(=O)=O. The lowest BCUT2D eigenvalue weighted by Crippen LogP contribution is -2.53. The smallest absolute Gasteiger partial charge is 0.244 e. The van der Waals surface area contributed by atoms with Gasteiger partial charge in [0.15, 0.2) is 0 Å². The lowest BCUT2D eigenvalue weighted by Gasteiger charge is -2.33. The van der Waals surface area contributed by atoms with Crippen LogP contribution in [0.5, 0.6) is 0 Å². The van der Waals surface area contributed by atoms with E-state index in [1.54, 1.807) is 24.3 Å². The molecular formula is C25H34BrN3O4S. The van der Waals surface area contributed by atoms with Crippen molar-refractivity contribution < 1.29 is 18.0 Å². The van der Waals surface area contributed by atoms with Gasteiger partial charge in [-0.1, -0.05) is 54.0 Å². The van der Waals surface area contributed by atoms with Crippen LogP contribution in [0.3, 0.4) is 0 Å². The number of benzene rings is 2. The number of nitrogens with one attached hydrogen (secondary N) is 1. The number of halogens is 1. The van der Waals surface area contributed by atoms with Crippen LogP contribution in [0.25, 0.3) is 0 Å². The van der Waals surface area contributed by atoms with E-state index in [2.05, 4.69) is 21.2 Å². The van der Waals surface area contributed by atoms with Gasteiger partial charge in [-0.05, 0) is 62.1 Å². The zero-order valence-corrected chi connectivity index (χ0v) is 22.8. The first kappa shape index (κ1) is 27.9. The Kier molecular flexibility index (Phi) is 10.1. The van der Waals surface area contributed by atoms with Gasteiger partial charge in [0.2, 0.25) is 21.8 Å². The van der Waals surface area contributed by atoms with Crippen molar-refractivity contribution in [2.45, 2.75) is 59.2 Å². The molecule has 0 aliphatic rings. The number of nitrogens with zero attached hydrogens (tertiary/aromatic N) is 2. The van der Waals surface area contributed by atoms with E-state index >= 15 is 0 Å². The van der Waals surface area contributed by atoms with Crippen molar-refractivity contribution >= 4 is 43.5 Å². The second-order valence-electron chi connectivity index (χ2n) is 8.44. The fourth-order valence-electron chi connectivity index (χ4n) is 3.55. The fourth-order valence-corrected chi connectivity index (χ4v) is 4.67. The third kappa shape index (κ3) is 7.56. The third-order valence-electron chi connectivity index (χ3n) is 5.78. The molecule has 0 saturated carbocycles. The molecular weight excluding hydrogens is 518 g/mol. The minimum Gasteiger partial charge on any atom is -0.352 e. The molecule has 0 aliphatic carbocycles. The van der Waals surface area contributed by atoms with Gasteiger partial charge >= 0.3 is 0 Å². The normalized spacial score (nSPS) is 13.1. The Labute approximate surface area is 211 Å². The molecule has 186 valence electrons. The van der Waals surface area contributed by atoms with Gasteiger partial charge in [0.1, 0.15) is 12.6 Å². The molecule has 0 bridgehead atoms. The molecule has 0 aromatic heterocycles. The highest BCUT2D eigenvalue weighted by Gasteiger charge is 2.32. The Balaban J connectivity index is 2.44. The van der Waals surface area contributed by atoms with Crippen LogP contribution in [0.15, 0.2) is 53.0 Å². The summed E-state index contributed by atoms with van der Waals surface area (Å²) in [5.74, 6) is -0.684. The van der Waals surface area contributed by atoms with Crippen molar-refractivity contribution in [2.75, 3.05) is 17.1 Å². The number of amides is 2. The monoisotopic (exact) mass is 551 g/mol. The highest BCUT2D eigenvalue weighted by atomic mass is 79.9. The average Bonchev–Trinajstić information content (AvgIpc) is 2.78. The molecule has 2 amide bonds. The molecule has 9 heteroatoms. The first-order chi connectivity index (χ1) is 16.0. The molecule has 2 aromatic carbocycles. The molecule has 0 fully saturated rings. The molecule has 2 unspecified atom stereocenters. The van der Waals surface area contributed by atoms with Crippen molar-refractivity contribution in [1.82, 2.24) is 10.2 Å². The van der Waals surface area contributed by atoms with Crippen molar-refractivity contribution in [3.8, 4) is 0 Å². The van der Waals surface area contributed by atoms with Crippen LogP contribution >= 0.6 is 15.9 Å². The minimum atomic E-state index is -3.75. The predicted octanol–water partition coefficient (Wildman–Crippen LogP) is 4.25.